The molecule has 2 heterocycles. The molecule has 1 aromatic rings. The van der Waals surface area contributed by atoms with E-state index in [-0.39, 0.29) is 0 Å². The molecule has 116 valence electrons. The maximum absolute atomic E-state index is 4.74. The predicted molar refractivity (Wildman–Crippen MR) is 90.0 cm³/mol. The van der Waals surface area contributed by atoms with Gasteiger partial charge in [0.15, 0.2) is 0 Å². The number of anilines is 1. The van der Waals surface area contributed by atoms with Crippen LogP contribution in [0.4, 0.5) is 5.69 Å². The lowest BCUT2D eigenvalue weighted by atomic mass is 9.64. The molecule has 0 unspecified atom stereocenters. The number of hydrogen-bond donors (Lipinski definition) is 0. The minimum atomic E-state index is 0.570. The highest BCUT2D eigenvalue weighted by Crippen LogP contribution is 2.48. The van der Waals surface area contributed by atoms with E-state index in [1.54, 1.807) is 0 Å². The fourth-order valence-corrected chi connectivity index (χ4v) is 5.01. The Kier molecular flexibility index (Phi) is 3.98. The second kappa shape index (κ2) is 5.62. The highest BCUT2D eigenvalue weighted by molar-refractivity contribution is 5.58. The summed E-state index contributed by atoms with van der Waals surface area (Å²) in [6.45, 7) is 10.2. The van der Waals surface area contributed by atoms with Gasteiger partial charge >= 0.3 is 0 Å². The summed E-state index contributed by atoms with van der Waals surface area (Å²) in [6.07, 6.45) is 9.95. The molecule has 0 aromatic carbocycles. The number of hydrogen-bond acceptors (Lipinski definition) is 2. The molecular weight excluding hydrogens is 256 g/mol. The third-order valence-corrected chi connectivity index (χ3v) is 6.05. The van der Waals surface area contributed by atoms with Crippen molar-refractivity contribution in [1.82, 2.24) is 4.98 Å². The van der Waals surface area contributed by atoms with Crippen LogP contribution >= 0.6 is 0 Å². The normalized spacial score (nSPS) is 25.3. The lowest BCUT2D eigenvalue weighted by Gasteiger charge is -2.52. The van der Waals surface area contributed by atoms with Gasteiger partial charge in [-0.1, -0.05) is 19.3 Å². The average molecular weight is 286 g/mol. The molecule has 21 heavy (non-hydrogen) atoms. The first-order chi connectivity index (χ1) is 10.0. The summed E-state index contributed by atoms with van der Waals surface area (Å²) in [5.74, 6) is 0. The molecule has 2 fully saturated rings. The van der Waals surface area contributed by atoms with Gasteiger partial charge in [0, 0.05) is 18.3 Å². The van der Waals surface area contributed by atoms with E-state index in [1.165, 1.54) is 68.4 Å². The van der Waals surface area contributed by atoms with E-state index in [1.807, 2.05) is 0 Å². The zero-order valence-electron chi connectivity index (χ0n) is 14.2. The number of pyridine rings is 1. The summed E-state index contributed by atoms with van der Waals surface area (Å²) in [4.78, 5) is 7.42. The maximum atomic E-state index is 4.74. The van der Waals surface area contributed by atoms with Gasteiger partial charge in [0.1, 0.15) is 0 Å². The van der Waals surface area contributed by atoms with Crippen LogP contribution in [0.5, 0.6) is 0 Å². The molecule has 2 heteroatoms. The Morgan fingerprint density at radius 2 is 1.71 bits per heavy atom. The van der Waals surface area contributed by atoms with Crippen molar-refractivity contribution in [3.63, 3.8) is 0 Å². The summed E-state index contributed by atoms with van der Waals surface area (Å²) in [5, 5.41) is 0. The van der Waals surface area contributed by atoms with Gasteiger partial charge in [0.25, 0.3) is 0 Å². The van der Waals surface area contributed by atoms with E-state index in [0.29, 0.717) is 11.5 Å². The van der Waals surface area contributed by atoms with Crippen LogP contribution in [-0.2, 0) is 0 Å². The van der Waals surface area contributed by atoms with E-state index >= 15 is 0 Å². The summed E-state index contributed by atoms with van der Waals surface area (Å²) < 4.78 is 0. The van der Waals surface area contributed by atoms with Crippen LogP contribution in [0.15, 0.2) is 6.07 Å². The van der Waals surface area contributed by atoms with Crippen LogP contribution in [0.1, 0.15) is 68.8 Å². The second-order valence-corrected chi connectivity index (χ2v) is 7.41. The second-order valence-electron chi connectivity index (χ2n) is 7.41. The lowest BCUT2D eigenvalue weighted by molar-refractivity contribution is 0.110. The predicted octanol–water partition coefficient (Wildman–Crippen LogP) is 4.95. The smallest absolute Gasteiger partial charge is 0.0615 e. The molecule has 0 radical (unpaired) electrons. The average Bonchev–Trinajstić information content (AvgIpc) is 2.44. The minimum Gasteiger partial charge on any atom is -0.367 e. The highest BCUT2D eigenvalue weighted by Gasteiger charge is 2.43. The minimum absolute atomic E-state index is 0.570. The van der Waals surface area contributed by atoms with Crippen molar-refractivity contribution in [3.05, 3.63) is 23.0 Å². The Bertz CT molecular complexity index is 486. The van der Waals surface area contributed by atoms with Gasteiger partial charge < -0.3 is 4.90 Å². The van der Waals surface area contributed by atoms with Gasteiger partial charge in [0.2, 0.25) is 0 Å². The van der Waals surface area contributed by atoms with E-state index in [9.17, 15) is 0 Å². The Hall–Kier alpha value is -1.05. The molecule has 0 amide bonds. The molecule has 1 spiro atoms. The monoisotopic (exact) mass is 286 g/mol. The van der Waals surface area contributed by atoms with E-state index in [2.05, 4.69) is 38.7 Å². The lowest BCUT2D eigenvalue weighted by Crippen LogP contribution is -2.52. The van der Waals surface area contributed by atoms with Gasteiger partial charge in [-0.3, -0.25) is 4.98 Å². The molecule has 1 saturated heterocycles. The van der Waals surface area contributed by atoms with Crippen LogP contribution in [0.25, 0.3) is 0 Å². The molecule has 1 atom stereocenters. The molecular formula is C19H30N2. The van der Waals surface area contributed by atoms with Crippen LogP contribution in [0.3, 0.4) is 0 Å². The van der Waals surface area contributed by atoms with E-state index < -0.39 is 0 Å². The first kappa shape index (κ1) is 14.9. The first-order valence-electron chi connectivity index (χ1n) is 8.75. The van der Waals surface area contributed by atoms with E-state index in [0.717, 1.165) is 5.69 Å². The van der Waals surface area contributed by atoms with Crippen molar-refractivity contribution in [3.8, 4) is 0 Å². The van der Waals surface area contributed by atoms with Gasteiger partial charge in [0.05, 0.1) is 11.4 Å². The molecule has 2 nitrogen and oxygen atoms in total. The molecule has 2 aliphatic rings. The SMILES string of the molecule is Cc1cc(C)c(N2CCCC3(CCCCC3)[C@@H]2C)c(C)n1. The zero-order chi connectivity index (χ0) is 15.0. The van der Waals surface area contributed by atoms with Crippen molar-refractivity contribution >= 4 is 5.69 Å². The van der Waals surface area contributed by atoms with Crippen LogP contribution in [-0.4, -0.2) is 17.6 Å². The van der Waals surface area contributed by atoms with Gasteiger partial charge in [-0.05, 0) is 70.4 Å². The molecule has 3 rings (SSSR count). The van der Waals surface area contributed by atoms with Crippen molar-refractivity contribution in [2.24, 2.45) is 5.41 Å². The van der Waals surface area contributed by atoms with Crippen molar-refractivity contribution < 1.29 is 0 Å². The number of aryl methyl sites for hydroxylation is 3. The summed E-state index contributed by atoms with van der Waals surface area (Å²) in [7, 11) is 0. The van der Waals surface area contributed by atoms with Crippen LogP contribution in [0.2, 0.25) is 0 Å². The van der Waals surface area contributed by atoms with Crippen molar-refractivity contribution in [2.75, 3.05) is 11.4 Å². The van der Waals surface area contributed by atoms with Gasteiger partial charge in [-0.2, -0.15) is 0 Å². The Morgan fingerprint density at radius 1 is 1.05 bits per heavy atom. The van der Waals surface area contributed by atoms with Crippen LogP contribution < -0.4 is 4.90 Å². The molecule has 1 aliphatic heterocycles. The highest BCUT2D eigenvalue weighted by atomic mass is 15.2. The fraction of sp³-hybridized carbons (Fsp3) is 0.737. The number of piperidine rings is 1. The molecule has 0 bridgehead atoms. The van der Waals surface area contributed by atoms with Crippen molar-refractivity contribution in [1.29, 1.82) is 0 Å². The summed E-state index contributed by atoms with van der Waals surface area (Å²) in [6, 6.07) is 2.91. The maximum Gasteiger partial charge on any atom is 0.0615 e. The molecule has 1 saturated carbocycles. The van der Waals surface area contributed by atoms with E-state index in [4.69, 9.17) is 4.98 Å². The third-order valence-electron chi connectivity index (χ3n) is 6.05. The topological polar surface area (TPSA) is 16.1 Å². The van der Waals surface area contributed by atoms with Crippen LogP contribution in [0, 0.1) is 26.2 Å². The van der Waals surface area contributed by atoms with Gasteiger partial charge in [-0.15, -0.1) is 0 Å². The summed E-state index contributed by atoms with van der Waals surface area (Å²) in [5.41, 5.74) is 5.75. The Balaban J connectivity index is 1.95. The quantitative estimate of drug-likeness (QED) is 0.726. The number of aromatic nitrogens is 1. The third kappa shape index (κ3) is 2.58. The zero-order valence-corrected chi connectivity index (χ0v) is 14.2. The van der Waals surface area contributed by atoms with Crippen molar-refractivity contribution in [2.45, 2.75) is 78.7 Å². The molecule has 1 aromatic heterocycles. The Labute approximate surface area is 130 Å². The largest absolute Gasteiger partial charge is 0.367 e. The summed E-state index contributed by atoms with van der Waals surface area (Å²) >= 11 is 0. The standard InChI is InChI=1S/C19H30N2/c1-14-13-15(2)20-16(3)18(14)21-12-8-11-19(17(21)4)9-6-5-7-10-19/h13,17H,5-12H2,1-4H3/t17-/m0/s1. The molecule has 0 N–H and O–H groups in total. The first-order valence-corrected chi connectivity index (χ1v) is 8.75. The Morgan fingerprint density at radius 3 is 2.38 bits per heavy atom. The van der Waals surface area contributed by atoms with Gasteiger partial charge in [-0.25, -0.2) is 0 Å². The number of rotatable bonds is 1. The molecule has 1 aliphatic carbocycles. The fourth-order valence-electron chi connectivity index (χ4n) is 5.01. The number of nitrogens with zero attached hydrogens (tertiary/aromatic N) is 2.